The third kappa shape index (κ3) is 31.3. The Labute approximate surface area is 100 Å². The fourth-order valence-electron chi connectivity index (χ4n) is 0.740. The van der Waals surface area contributed by atoms with E-state index in [1.807, 2.05) is 0 Å². The van der Waals surface area contributed by atoms with Crippen LogP contribution in [-0.4, -0.2) is 49.0 Å². The van der Waals surface area contributed by atoms with Crippen LogP contribution in [0.5, 0.6) is 0 Å². The van der Waals surface area contributed by atoms with E-state index in [-0.39, 0.29) is 18.3 Å². The van der Waals surface area contributed by atoms with Crippen molar-refractivity contribution in [1.82, 2.24) is 0 Å². The highest BCUT2D eigenvalue weighted by molar-refractivity contribution is 5.68. The average molecular weight is 254 g/mol. The lowest BCUT2D eigenvalue weighted by atomic mass is 10.1. The van der Waals surface area contributed by atoms with Crippen molar-refractivity contribution in [2.45, 2.75) is 51.7 Å². The first-order valence-corrected chi connectivity index (χ1v) is 4.72. The summed E-state index contributed by atoms with van der Waals surface area (Å²) in [5, 5.41) is 33.8. The van der Waals surface area contributed by atoms with E-state index in [2.05, 4.69) is 0 Å². The van der Waals surface area contributed by atoms with Gasteiger partial charge in [0.05, 0.1) is 24.0 Å². The predicted molar refractivity (Wildman–Crippen MR) is 60.7 cm³/mol. The summed E-state index contributed by atoms with van der Waals surface area (Å²) in [6.45, 7) is 5.84. The van der Waals surface area contributed by atoms with Gasteiger partial charge in [0.15, 0.2) is 0 Å². The molecule has 17 heavy (non-hydrogen) atoms. The van der Waals surface area contributed by atoms with Gasteiger partial charge in [0.2, 0.25) is 0 Å². The molecule has 104 valence electrons. The lowest BCUT2D eigenvalue weighted by Crippen LogP contribution is -2.22. The molecule has 0 unspecified atom stereocenters. The van der Waals surface area contributed by atoms with Gasteiger partial charge in [-0.15, -0.1) is 0 Å². The standard InChI is InChI=1S/2C5H10O3.H2O/c2*1-5(2,8)3-4(6)7;/h2*8H,3H2,1-2H3,(H,6,7);1H2. The number of aliphatic hydroxyl groups is 2. The number of aliphatic carboxylic acids is 2. The Morgan fingerprint density at radius 2 is 1.00 bits per heavy atom. The highest BCUT2D eigenvalue weighted by Gasteiger charge is 2.16. The van der Waals surface area contributed by atoms with Crippen LogP contribution >= 0.6 is 0 Å². The Balaban J connectivity index is -0.000000218. The van der Waals surface area contributed by atoms with E-state index in [9.17, 15) is 9.59 Å². The number of hydrogen-bond acceptors (Lipinski definition) is 4. The third-order valence-corrected chi connectivity index (χ3v) is 1.17. The molecule has 0 bridgehead atoms. The van der Waals surface area contributed by atoms with Gasteiger partial charge in [-0.3, -0.25) is 9.59 Å². The zero-order valence-electron chi connectivity index (χ0n) is 10.5. The summed E-state index contributed by atoms with van der Waals surface area (Å²) in [7, 11) is 0. The summed E-state index contributed by atoms with van der Waals surface area (Å²) in [5.74, 6) is -1.95. The van der Waals surface area contributed by atoms with Crippen molar-refractivity contribution in [2.24, 2.45) is 0 Å². The van der Waals surface area contributed by atoms with Crippen molar-refractivity contribution in [3.8, 4) is 0 Å². The van der Waals surface area contributed by atoms with Crippen molar-refractivity contribution in [1.29, 1.82) is 0 Å². The van der Waals surface area contributed by atoms with E-state index < -0.39 is 23.1 Å². The van der Waals surface area contributed by atoms with Gasteiger partial charge < -0.3 is 25.9 Å². The third-order valence-electron chi connectivity index (χ3n) is 1.17. The zero-order chi connectivity index (χ0) is 13.6. The molecule has 0 saturated carbocycles. The van der Waals surface area contributed by atoms with Crippen LogP contribution in [0.3, 0.4) is 0 Å². The summed E-state index contributed by atoms with van der Waals surface area (Å²) < 4.78 is 0. The van der Waals surface area contributed by atoms with Gasteiger partial charge in [0, 0.05) is 0 Å². The Hall–Kier alpha value is -1.18. The van der Waals surface area contributed by atoms with Gasteiger partial charge in [-0.2, -0.15) is 0 Å². The van der Waals surface area contributed by atoms with Crippen LogP contribution in [-0.2, 0) is 9.59 Å². The number of carbonyl (C=O) groups is 2. The Morgan fingerprint density at radius 1 is 0.824 bits per heavy atom. The monoisotopic (exact) mass is 254 g/mol. The summed E-state index contributed by atoms with van der Waals surface area (Å²) >= 11 is 0. The minimum atomic E-state index is -1.08. The lowest BCUT2D eigenvalue weighted by Gasteiger charge is -2.12. The van der Waals surface area contributed by atoms with Gasteiger partial charge in [-0.1, -0.05) is 0 Å². The van der Waals surface area contributed by atoms with Crippen molar-refractivity contribution in [2.75, 3.05) is 0 Å². The van der Waals surface area contributed by atoms with E-state index in [0.29, 0.717) is 0 Å². The van der Waals surface area contributed by atoms with Crippen LogP contribution in [0.4, 0.5) is 0 Å². The molecule has 0 spiro atoms. The van der Waals surface area contributed by atoms with Gasteiger partial charge in [-0.05, 0) is 27.7 Å². The first-order valence-electron chi connectivity index (χ1n) is 4.72. The molecule has 0 aliphatic heterocycles. The van der Waals surface area contributed by atoms with Gasteiger partial charge in [0.1, 0.15) is 0 Å². The van der Waals surface area contributed by atoms with E-state index in [1.165, 1.54) is 27.7 Å². The lowest BCUT2D eigenvalue weighted by molar-refractivity contribution is -0.142. The molecule has 0 aromatic heterocycles. The summed E-state index contributed by atoms with van der Waals surface area (Å²) in [6, 6.07) is 0. The topological polar surface area (TPSA) is 147 Å². The minimum absolute atomic E-state index is 0. The van der Waals surface area contributed by atoms with Crippen LogP contribution in [0.15, 0.2) is 0 Å². The average Bonchev–Trinajstić information content (AvgIpc) is 1.72. The maximum atomic E-state index is 9.85. The molecule has 0 radical (unpaired) electrons. The number of rotatable bonds is 4. The first-order chi connectivity index (χ1) is 6.83. The molecule has 0 aliphatic rings. The van der Waals surface area contributed by atoms with Gasteiger partial charge in [0.25, 0.3) is 0 Å². The van der Waals surface area contributed by atoms with Crippen LogP contribution in [0.25, 0.3) is 0 Å². The quantitative estimate of drug-likeness (QED) is 0.538. The molecule has 0 aromatic rings. The Kier molecular flexibility index (Phi) is 9.94. The molecule has 0 atom stereocenters. The summed E-state index contributed by atoms with van der Waals surface area (Å²) in [6.07, 6.45) is -0.403. The Bertz CT molecular complexity index is 208. The number of hydrogen-bond donors (Lipinski definition) is 4. The predicted octanol–water partition coefficient (Wildman–Crippen LogP) is -0.361. The molecule has 0 fully saturated rings. The second-order valence-corrected chi connectivity index (χ2v) is 4.77. The number of carboxylic acid groups (broad SMARTS) is 2. The molecule has 0 heterocycles. The van der Waals surface area contributed by atoms with Crippen LogP contribution in [0, 0.1) is 0 Å². The maximum absolute atomic E-state index is 9.85. The molecule has 0 aromatic carbocycles. The number of carboxylic acids is 2. The van der Waals surface area contributed by atoms with Crippen molar-refractivity contribution < 1.29 is 35.5 Å². The van der Waals surface area contributed by atoms with Crippen LogP contribution < -0.4 is 0 Å². The van der Waals surface area contributed by atoms with Crippen molar-refractivity contribution in [3.63, 3.8) is 0 Å². The molecule has 0 aliphatic carbocycles. The molecule has 7 nitrogen and oxygen atoms in total. The summed E-state index contributed by atoms with van der Waals surface area (Å²) in [4.78, 5) is 19.7. The zero-order valence-corrected chi connectivity index (χ0v) is 10.5. The Morgan fingerprint density at radius 3 is 1.00 bits per heavy atom. The van der Waals surface area contributed by atoms with Crippen LogP contribution in [0.1, 0.15) is 40.5 Å². The van der Waals surface area contributed by atoms with E-state index in [0.717, 1.165) is 0 Å². The first kappa shape index (κ1) is 21.1. The molecule has 7 heteroatoms. The second-order valence-electron chi connectivity index (χ2n) is 4.77. The van der Waals surface area contributed by atoms with E-state index >= 15 is 0 Å². The molecule has 0 rings (SSSR count). The highest BCUT2D eigenvalue weighted by Crippen LogP contribution is 2.05. The minimum Gasteiger partial charge on any atom is -0.481 e. The maximum Gasteiger partial charge on any atom is 0.306 e. The summed E-state index contributed by atoms with van der Waals surface area (Å²) in [5.41, 5.74) is -2.16. The fourth-order valence-corrected chi connectivity index (χ4v) is 0.740. The van der Waals surface area contributed by atoms with Crippen molar-refractivity contribution >= 4 is 11.9 Å². The van der Waals surface area contributed by atoms with E-state index in [1.54, 1.807) is 0 Å². The molecule has 0 amide bonds. The van der Waals surface area contributed by atoms with Gasteiger partial charge in [-0.25, -0.2) is 0 Å². The van der Waals surface area contributed by atoms with Gasteiger partial charge >= 0.3 is 11.9 Å². The molecule has 6 N–H and O–H groups in total. The molecule has 0 saturated heterocycles. The smallest absolute Gasteiger partial charge is 0.306 e. The fraction of sp³-hybridized carbons (Fsp3) is 0.800. The molecular weight excluding hydrogens is 232 g/mol. The largest absolute Gasteiger partial charge is 0.481 e. The van der Waals surface area contributed by atoms with Crippen molar-refractivity contribution in [3.05, 3.63) is 0 Å². The highest BCUT2D eigenvalue weighted by atomic mass is 16.4. The second kappa shape index (κ2) is 7.99. The van der Waals surface area contributed by atoms with Crippen LogP contribution in [0.2, 0.25) is 0 Å². The normalized spacial score (nSPS) is 10.7. The van der Waals surface area contributed by atoms with E-state index in [4.69, 9.17) is 20.4 Å². The SMILES string of the molecule is CC(C)(O)CC(=O)O.CC(C)(O)CC(=O)O.O. The molecular formula is C10H22O7.